The minimum Gasteiger partial charge on any atom is -0.453 e. The van der Waals surface area contributed by atoms with Gasteiger partial charge in [-0.15, -0.1) is 0 Å². The first-order valence-electron chi connectivity index (χ1n) is 11.7. The van der Waals surface area contributed by atoms with Crippen molar-refractivity contribution in [3.63, 3.8) is 0 Å². The summed E-state index contributed by atoms with van der Waals surface area (Å²) in [6.45, 7) is 5.25. The summed E-state index contributed by atoms with van der Waals surface area (Å²) in [5.41, 5.74) is 4.50. The predicted molar refractivity (Wildman–Crippen MR) is 136 cm³/mol. The van der Waals surface area contributed by atoms with Crippen molar-refractivity contribution in [2.75, 3.05) is 7.11 Å². The van der Waals surface area contributed by atoms with E-state index in [0.717, 1.165) is 22.4 Å². The van der Waals surface area contributed by atoms with Crippen molar-refractivity contribution in [3.8, 4) is 22.4 Å². The van der Waals surface area contributed by atoms with Gasteiger partial charge in [-0.05, 0) is 29.5 Å². The largest absolute Gasteiger partial charge is 0.453 e. The molecule has 0 radical (unpaired) electrons. The number of nitrogens with zero attached hydrogens (tertiary/aromatic N) is 3. The van der Waals surface area contributed by atoms with E-state index in [1.807, 2.05) is 62.4 Å². The van der Waals surface area contributed by atoms with Crippen molar-refractivity contribution in [3.05, 3.63) is 66.1 Å². The van der Waals surface area contributed by atoms with Crippen LogP contribution in [0.2, 0.25) is 0 Å². The Morgan fingerprint density at radius 3 is 2.22 bits per heavy atom. The normalized spacial score (nSPS) is 15.7. The van der Waals surface area contributed by atoms with Crippen LogP contribution in [0.1, 0.15) is 49.4 Å². The Labute approximate surface area is 209 Å². The van der Waals surface area contributed by atoms with Gasteiger partial charge in [-0.2, -0.15) is 5.10 Å². The summed E-state index contributed by atoms with van der Waals surface area (Å²) >= 11 is 0. The van der Waals surface area contributed by atoms with Crippen molar-refractivity contribution in [1.82, 2.24) is 20.3 Å². The maximum absolute atomic E-state index is 13.2. The molecule has 0 saturated carbocycles. The molecule has 186 valence electrons. The number of alkyl carbamates (subject to hydrolysis) is 1. The van der Waals surface area contributed by atoms with E-state index in [2.05, 4.69) is 25.1 Å². The number of ether oxygens (including phenoxy) is 1. The summed E-state index contributed by atoms with van der Waals surface area (Å²) in [4.78, 5) is 44.3. The molecule has 0 spiro atoms. The monoisotopic (exact) mass is 487 g/mol. The van der Waals surface area contributed by atoms with E-state index >= 15 is 0 Å². The molecule has 1 aromatic heterocycles. The zero-order chi connectivity index (χ0) is 25.8. The first-order chi connectivity index (χ1) is 17.3. The van der Waals surface area contributed by atoms with E-state index in [9.17, 15) is 14.4 Å². The number of aromatic amines is 1. The van der Waals surface area contributed by atoms with E-state index in [4.69, 9.17) is 0 Å². The van der Waals surface area contributed by atoms with Gasteiger partial charge in [-0.1, -0.05) is 62.4 Å². The molecule has 2 aromatic carbocycles. The maximum Gasteiger partial charge on any atom is 0.407 e. The van der Waals surface area contributed by atoms with Crippen LogP contribution in [0, 0.1) is 5.92 Å². The zero-order valence-electron chi connectivity index (χ0n) is 20.7. The molecule has 1 aliphatic rings. The molecule has 36 heavy (non-hydrogen) atoms. The quantitative estimate of drug-likeness (QED) is 0.473. The Kier molecular flexibility index (Phi) is 7.28. The van der Waals surface area contributed by atoms with Gasteiger partial charge >= 0.3 is 6.09 Å². The van der Waals surface area contributed by atoms with Crippen LogP contribution in [0.4, 0.5) is 4.79 Å². The zero-order valence-corrected chi connectivity index (χ0v) is 20.7. The Balaban J connectivity index is 1.50. The SMILES string of the molecule is COC(=O)NC(C(=O)N1N=CCC1c1ncc(-c2ccc(-c3ccc(C(C)=O)cc3)cc2)[nH]1)C(C)C. The molecule has 2 N–H and O–H groups in total. The Morgan fingerprint density at radius 1 is 1.03 bits per heavy atom. The van der Waals surface area contributed by atoms with Crippen molar-refractivity contribution in [2.45, 2.75) is 39.3 Å². The van der Waals surface area contributed by atoms with Gasteiger partial charge in [0.15, 0.2) is 5.78 Å². The molecule has 3 aromatic rings. The highest BCUT2D eigenvalue weighted by Crippen LogP contribution is 2.30. The van der Waals surface area contributed by atoms with E-state index < -0.39 is 18.2 Å². The van der Waals surface area contributed by atoms with Crippen molar-refractivity contribution in [2.24, 2.45) is 11.0 Å². The average molecular weight is 488 g/mol. The number of carbonyl (C=O) groups is 3. The van der Waals surface area contributed by atoms with E-state index in [0.29, 0.717) is 17.8 Å². The third kappa shape index (κ3) is 5.19. The number of nitrogens with one attached hydrogen (secondary N) is 2. The number of rotatable bonds is 7. The molecule has 0 fully saturated rings. The number of carbonyl (C=O) groups excluding carboxylic acids is 3. The average Bonchev–Trinajstić information content (AvgIpc) is 3.56. The fraction of sp³-hybridized carbons (Fsp3) is 0.296. The number of hydrogen-bond donors (Lipinski definition) is 2. The number of ketones is 1. The number of imidazole rings is 1. The molecule has 9 nitrogen and oxygen atoms in total. The highest BCUT2D eigenvalue weighted by atomic mass is 16.5. The minimum absolute atomic E-state index is 0.0410. The van der Waals surface area contributed by atoms with Gasteiger partial charge in [0, 0.05) is 18.2 Å². The molecule has 0 saturated heterocycles. The summed E-state index contributed by atoms with van der Waals surface area (Å²) in [6.07, 6.45) is 3.25. The van der Waals surface area contributed by atoms with Gasteiger partial charge in [0.25, 0.3) is 5.91 Å². The Morgan fingerprint density at radius 2 is 1.64 bits per heavy atom. The second kappa shape index (κ2) is 10.6. The fourth-order valence-electron chi connectivity index (χ4n) is 4.09. The van der Waals surface area contributed by atoms with Gasteiger partial charge in [0.1, 0.15) is 17.9 Å². The molecule has 0 aliphatic carbocycles. The molecule has 1 aliphatic heterocycles. The number of Topliss-reactive ketones (excluding diaryl/α,β-unsaturated/α-hetero) is 1. The summed E-state index contributed by atoms with van der Waals surface area (Å²) in [6, 6.07) is 14.4. The first-order valence-corrected chi connectivity index (χ1v) is 11.7. The number of H-pyrrole nitrogens is 1. The lowest BCUT2D eigenvalue weighted by Gasteiger charge is -2.27. The van der Waals surface area contributed by atoms with Crippen LogP contribution in [0.3, 0.4) is 0 Å². The number of amides is 2. The maximum atomic E-state index is 13.2. The van der Waals surface area contributed by atoms with Gasteiger partial charge < -0.3 is 15.0 Å². The lowest BCUT2D eigenvalue weighted by Crippen LogP contribution is -2.50. The second-order valence-electron chi connectivity index (χ2n) is 8.98. The second-order valence-corrected chi connectivity index (χ2v) is 8.98. The molecule has 0 bridgehead atoms. The Bertz CT molecular complexity index is 1280. The topological polar surface area (TPSA) is 117 Å². The van der Waals surface area contributed by atoms with Crippen LogP contribution in [-0.4, -0.2) is 52.1 Å². The highest BCUT2D eigenvalue weighted by molar-refractivity contribution is 5.94. The molecule has 9 heteroatoms. The van der Waals surface area contributed by atoms with Gasteiger partial charge in [0.05, 0.1) is 19.0 Å². The van der Waals surface area contributed by atoms with Crippen molar-refractivity contribution >= 4 is 24.0 Å². The van der Waals surface area contributed by atoms with Crippen LogP contribution in [-0.2, 0) is 9.53 Å². The molecule has 2 heterocycles. The summed E-state index contributed by atoms with van der Waals surface area (Å²) in [5.74, 6) is 0.171. The third-order valence-corrected chi connectivity index (χ3v) is 6.18. The number of benzene rings is 2. The smallest absolute Gasteiger partial charge is 0.407 e. The van der Waals surface area contributed by atoms with Gasteiger partial charge in [0.2, 0.25) is 0 Å². The number of aromatic nitrogens is 2. The lowest BCUT2D eigenvalue weighted by molar-refractivity contribution is -0.136. The Hall–Kier alpha value is -4.27. The van der Waals surface area contributed by atoms with Crippen LogP contribution in [0.5, 0.6) is 0 Å². The van der Waals surface area contributed by atoms with Crippen LogP contribution >= 0.6 is 0 Å². The predicted octanol–water partition coefficient (Wildman–Crippen LogP) is 4.59. The lowest BCUT2D eigenvalue weighted by atomic mass is 10.0. The van der Waals surface area contributed by atoms with Crippen LogP contribution in [0.15, 0.2) is 59.8 Å². The molecule has 2 atom stereocenters. The molecular weight excluding hydrogens is 458 g/mol. The molecule has 2 unspecified atom stereocenters. The highest BCUT2D eigenvalue weighted by Gasteiger charge is 2.36. The summed E-state index contributed by atoms with van der Waals surface area (Å²) in [5, 5.41) is 8.23. The van der Waals surface area contributed by atoms with E-state index in [1.54, 1.807) is 19.3 Å². The summed E-state index contributed by atoms with van der Waals surface area (Å²) < 4.78 is 4.67. The fourth-order valence-corrected chi connectivity index (χ4v) is 4.09. The van der Waals surface area contributed by atoms with Crippen LogP contribution < -0.4 is 5.32 Å². The van der Waals surface area contributed by atoms with E-state index in [-0.39, 0.29) is 17.6 Å². The number of methoxy groups -OCH3 is 1. The number of hydrazone groups is 1. The molecular formula is C27H29N5O4. The van der Waals surface area contributed by atoms with E-state index in [1.165, 1.54) is 12.1 Å². The first kappa shape index (κ1) is 24.8. The van der Waals surface area contributed by atoms with Crippen molar-refractivity contribution < 1.29 is 19.1 Å². The summed E-state index contributed by atoms with van der Waals surface area (Å²) in [7, 11) is 1.26. The van der Waals surface area contributed by atoms with Gasteiger partial charge in [-0.25, -0.2) is 14.8 Å². The third-order valence-electron chi connectivity index (χ3n) is 6.18. The molecule has 2 amide bonds. The minimum atomic E-state index is -0.776. The standard InChI is InChI=1S/C27H29N5O4/c1-16(2)24(31-27(35)36-4)26(34)32-23(13-14-29-32)25-28-15-22(30-25)21-11-9-20(10-12-21)19-7-5-18(6-8-19)17(3)33/h5-12,14-16,23-24H,13H2,1-4H3,(H,28,30)(H,31,35). The van der Waals surface area contributed by atoms with Crippen LogP contribution in [0.25, 0.3) is 22.4 Å². The number of hydrogen-bond acceptors (Lipinski definition) is 6. The van der Waals surface area contributed by atoms with Crippen molar-refractivity contribution in [1.29, 1.82) is 0 Å². The van der Waals surface area contributed by atoms with Gasteiger partial charge in [-0.3, -0.25) is 9.59 Å². The molecule has 4 rings (SSSR count).